The zero-order valence-corrected chi connectivity index (χ0v) is 15.2. The Bertz CT molecular complexity index is 630. The van der Waals surface area contributed by atoms with Crippen LogP contribution in [0, 0.1) is 0 Å². The van der Waals surface area contributed by atoms with Gasteiger partial charge in [0.2, 0.25) is 0 Å². The molecule has 2 N–H and O–H groups in total. The Balaban J connectivity index is 2.25. The number of nitrogens with two attached hydrogens (primary N) is 1. The second kappa shape index (κ2) is 8.57. The van der Waals surface area contributed by atoms with Crippen LogP contribution in [0.2, 0.25) is 0 Å². The molecule has 6 nitrogen and oxygen atoms in total. The van der Waals surface area contributed by atoms with Crippen molar-refractivity contribution >= 4 is 5.69 Å². The van der Waals surface area contributed by atoms with E-state index in [1.165, 1.54) is 18.2 Å². The minimum Gasteiger partial charge on any atom is -0.483 e. The molecule has 0 bridgehead atoms. The minimum atomic E-state index is -3.05. The van der Waals surface area contributed by atoms with Gasteiger partial charge in [-0.25, -0.2) is 4.39 Å². The Morgan fingerprint density at radius 3 is 2.65 bits per heavy atom. The first-order chi connectivity index (χ1) is 12.3. The molecule has 0 aromatic heterocycles. The lowest BCUT2D eigenvalue weighted by Gasteiger charge is -2.44. The van der Waals surface area contributed by atoms with Gasteiger partial charge < -0.3 is 15.3 Å². The molecule has 0 amide bonds. The fraction of sp³-hybridized carbons (Fsp3) is 0.647. The average Bonchev–Trinajstić information content (AvgIpc) is 2.58. The Morgan fingerprint density at radius 2 is 2.08 bits per heavy atom. The van der Waals surface area contributed by atoms with E-state index in [1.807, 2.05) is 18.7 Å². The quantitative estimate of drug-likeness (QED) is 0.440. The number of rotatable bonds is 7. The first-order valence-electron chi connectivity index (χ1n) is 8.58. The molecule has 1 aliphatic rings. The van der Waals surface area contributed by atoms with Gasteiger partial charge in [-0.3, -0.25) is 4.90 Å². The van der Waals surface area contributed by atoms with E-state index in [0.717, 1.165) is 0 Å². The predicted molar refractivity (Wildman–Crippen MR) is 91.6 cm³/mol. The lowest BCUT2D eigenvalue weighted by Crippen LogP contribution is -2.57. The summed E-state index contributed by atoms with van der Waals surface area (Å²) < 4.78 is 51.2. The molecule has 0 saturated carbocycles. The molecule has 26 heavy (non-hydrogen) atoms. The molecule has 1 aliphatic heterocycles. The lowest BCUT2D eigenvalue weighted by atomic mass is 9.88. The Morgan fingerprint density at radius 1 is 1.35 bits per heavy atom. The van der Waals surface area contributed by atoms with Crippen LogP contribution < -0.4 is 15.3 Å². The number of nitrogens with zero attached hydrogens (tertiary/aromatic N) is 3. The van der Waals surface area contributed by atoms with Gasteiger partial charge in [0.1, 0.15) is 6.10 Å². The zero-order valence-electron chi connectivity index (χ0n) is 15.2. The number of halogens is 3. The fourth-order valence-corrected chi connectivity index (χ4v) is 3.07. The molecular formula is C17H25F3N4O2. The van der Waals surface area contributed by atoms with Gasteiger partial charge in [-0.2, -0.15) is 8.78 Å². The van der Waals surface area contributed by atoms with Crippen molar-refractivity contribution in [1.82, 2.24) is 4.90 Å². The highest BCUT2D eigenvalue weighted by Gasteiger charge is 2.45. The number of benzene rings is 1. The third-order valence-electron chi connectivity index (χ3n) is 4.63. The molecule has 2 unspecified atom stereocenters. The number of hydrogen-bond donors (Lipinski definition) is 1. The van der Waals surface area contributed by atoms with Crippen LogP contribution in [-0.2, 0) is 0 Å². The van der Waals surface area contributed by atoms with Gasteiger partial charge in [0.05, 0.1) is 5.69 Å². The smallest absolute Gasteiger partial charge is 0.387 e. The summed E-state index contributed by atoms with van der Waals surface area (Å²) in [6.45, 7) is 3.62. The van der Waals surface area contributed by atoms with Crippen molar-refractivity contribution in [3.05, 3.63) is 18.2 Å². The molecule has 2 atom stereocenters. The van der Waals surface area contributed by atoms with E-state index in [-0.39, 0.29) is 36.2 Å². The molecule has 2 rings (SSSR count). The van der Waals surface area contributed by atoms with E-state index in [9.17, 15) is 8.78 Å². The van der Waals surface area contributed by atoms with E-state index in [1.54, 1.807) is 6.92 Å². The van der Waals surface area contributed by atoms with Gasteiger partial charge in [0, 0.05) is 31.6 Å². The molecule has 0 spiro atoms. The van der Waals surface area contributed by atoms with Crippen LogP contribution in [0.25, 0.3) is 0 Å². The van der Waals surface area contributed by atoms with Crippen LogP contribution in [0.1, 0.15) is 33.6 Å². The standard InChI is InChI=1S/C17H25F3N4O2/c1-4-17(20)10-24(11(2)3)8-7-15(17)25-13-6-5-12(22-23-21)9-14(13)26-16(18)19/h5-6,9,11,15-16H,4,7-8,10H2,1-3H3,(H2,21,22). The van der Waals surface area contributed by atoms with Crippen LogP contribution in [0.4, 0.5) is 18.9 Å². The van der Waals surface area contributed by atoms with E-state index in [4.69, 9.17) is 10.6 Å². The average molecular weight is 374 g/mol. The number of piperidine rings is 1. The molecule has 146 valence electrons. The van der Waals surface area contributed by atoms with Crippen LogP contribution in [0.5, 0.6) is 11.5 Å². The lowest BCUT2D eigenvalue weighted by molar-refractivity contribution is -0.0726. The number of hydrogen-bond acceptors (Lipinski definition) is 5. The summed E-state index contributed by atoms with van der Waals surface area (Å²) >= 11 is 0. The Hall–Kier alpha value is -2.03. The third-order valence-corrected chi connectivity index (χ3v) is 4.63. The van der Waals surface area contributed by atoms with Crippen LogP contribution in [0.15, 0.2) is 28.5 Å². The number of ether oxygens (including phenoxy) is 2. The molecule has 1 heterocycles. The highest BCUT2D eigenvalue weighted by atomic mass is 19.3. The maximum atomic E-state index is 15.5. The molecule has 9 heteroatoms. The van der Waals surface area contributed by atoms with E-state index in [0.29, 0.717) is 13.0 Å². The normalized spacial score (nSPS) is 24.5. The van der Waals surface area contributed by atoms with E-state index >= 15 is 4.39 Å². The maximum absolute atomic E-state index is 15.5. The summed E-state index contributed by atoms with van der Waals surface area (Å²) in [7, 11) is 0. The summed E-state index contributed by atoms with van der Waals surface area (Å²) in [4.78, 5) is 2.05. The Kier molecular flexibility index (Phi) is 6.69. The van der Waals surface area contributed by atoms with Crippen molar-refractivity contribution in [1.29, 1.82) is 0 Å². The first kappa shape index (κ1) is 20.3. The van der Waals surface area contributed by atoms with Gasteiger partial charge in [-0.1, -0.05) is 12.1 Å². The van der Waals surface area contributed by atoms with Crippen LogP contribution in [0.3, 0.4) is 0 Å². The minimum absolute atomic E-state index is 0.0414. The molecule has 1 aromatic rings. The van der Waals surface area contributed by atoms with Crippen molar-refractivity contribution in [3.63, 3.8) is 0 Å². The largest absolute Gasteiger partial charge is 0.483 e. The summed E-state index contributed by atoms with van der Waals surface area (Å²) in [6, 6.07) is 4.34. The SMILES string of the molecule is CCC1(F)CN(C(C)C)CCC1Oc1ccc(N=NN)cc1OC(F)F. The molecule has 0 radical (unpaired) electrons. The van der Waals surface area contributed by atoms with Gasteiger partial charge in [-0.15, -0.1) is 5.11 Å². The Labute approximate surface area is 151 Å². The summed E-state index contributed by atoms with van der Waals surface area (Å²) in [5.74, 6) is 4.79. The van der Waals surface area contributed by atoms with Crippen molar-refractivity contribution in [2.45, 2.75) is 58.0 Å². The van der Waals surface area contributed by atoms with Crippen molar-refractivity contribution < 1.29 is 22.6 Å². The molecule has 1 saturated heterocycles. The van der Waals surface area contributed by atoms with E-state index < -0.39 is 18.4 Å². The van der Waals surface area contributed by atoms with Gasteiger partial charge >= 0.3 is 6.61 Å². The number of alkyl halides is 3. The monoisotopic (exact) mass is 374 g/mol. The van der Waals surface area contributed by atoms with Crippen LogP contribution >= 0.6 is 0 Å². The summed E-state index contributed by atoms with van der Waals surface area (Å²) in [5, 5.41) is 6.69. The summed E-state index contributed by atoms with van der Waals surface area (Å²) in [5.41, 5.74) is -1.35. The first-order valence-corrected chi connectivity index (χ1v) is 8.58. The zero-order chi connectivity index (χ0) is 19.3. The van der Waals surface area contributed by atoms with Crippen molar-refractivity contribution in [3.8, 4) is 11.5 Å². The second-order valence-electron chi connectivity index (χ2n) is 6.57. The number of likely N-dealkylation sites (tertiary alicyclic amines) is 1. The van der Waals surface area contributed by atoms with Gasteiger partial charge in [0.15, 0.2) is 17.2 Å². The third kappa shape index (κ3) is 4.78. The predicted octanol–water partition coefficient (Wildman–Crippen LogP) is 4.23. The molecule has 0 aliphatic carbocycles. The maximum Gasteiger partial charge on any atom is 0.387 e. The van der Waals surface area contributed by atoms with Crippen molar-refractivity contribution in [2.75, 3.05) is 13.1 Å². The molecule has 1 fully saturated rings. The molecular weight excluding hydrogens is 349 g/mol. The second-order valence-corrected chi connectivity index (χ2v) is 6.57. The topological polar surface area (TPSA) is 72.4 Å². The molecule has 1 aromatic carbocycles. The highest BCUT2D eigenvalue weighted by molar-refractivity contribution is 5.51. The van der Waals surface area contributed by atoms with Crippen molar-refractivity contribution in [2.24, 2.45) is 16.2 Å². The van der Waals surface area contributed by atoms with Gasteiger partial charge in [-0.05, 0) is 32.4 Å². The van der Waals surface area contributed by atoms with E-state index in [2.05, 4.69) is 15.1 Å². The summed E-state index contributed by atoms with van der Waals surface area (Å²) in [6.07, 6.45) is -0.0590. The fourth-order valence-electron chi connectivity index (χ4n) is 3.07. The highest BCUT2D eigenvalue weighted by Crippen LogP contribution is 2.38. The van der Waals surface area contributed by atoms with Gasteiger partial charge in [0.25, 0.3) is 0 Å². The van der Waals surface area contributed by atoms with Crippen LogP contribution in [-0.4, -0.2) is 42.4 Å².